The van der Waals surface area contributed by atoms with Gasteiger partial charge in [0.2, 0.25) is 0 Å². The van der Waals surface area contributed by atoms with E-state index < -0.39 is 73.8 Å². The highest BCUT2D eigenvalue weighted by molar-refractivity contribution is 5.81. The van der Waals surface area contributed by atoms with Crippen LogP contribution in [0.5, 0.6) is 0 Å². The zero-order chi connectivity index (χ0) is 30.8. The number of aliphatic hydroxyl groups excluding tert-OH is 8. The Morgan fingerprint density at radius 1 is 0.767 bits per heavy atom. The molecule has 3 saturated carbocycles. The van der Waals surface area contributed by atoms with Crippen LogP contribution >= 0.6 is 0 Å². The molecular weight excluding hydrogens is 568 g/mol. The highest BCUT2D eigenvalue weighted by atomic mass is 16.7. The summed E-state index contributed by atoms with van der Waals surface area (Å²) >= 11 is 0. The van der Waals surface area contributed by atoms with Crippen LogP contribution in [-0.4, -0.2) is 138 Å². The van der Waals surface area contributed by atoms with Crippen molar-refractivity contribution in [1.82, 2.24) is 0 Å². The summed E-state index contributed by atoms with van der Waals surface area (Å²) in [7, 11) is 0. The van der Waals surface area contributed by atoms with Gasteiger partial charge in [-0.3, -0.25) is 0 Å². The molecule has 0 bridgehead atoms. The summed E-state index contributed by atoms with van der Waals surface area (Å²) in [6, 6.07) is 0. The van der Waals surface area contributed by atoms with Crippen LogP contribution in [0.1, 0.15) is 64.2 Å². The number of fused-ring (bicyclic) bond motifs is 1. The Bertz CT molecular complexity index is 941. The van der Waals surface area contributed by atoms with Crippen molar-refractivity contribution in [2.24, 2.45) is 17.8 Å². The number of carbonyl (C=O) groups is 1. The quantitative estimate of drug-likeness (QED) is 0.0897. The first-order valence-corrected chi connectivity index (χ1v) is 15.8. The van der Waals surface area contributed by atoms with Crippen LogP contribution in [0.15, 0.2) is 12.2 Å². The molecule has 5 aliphatic rings. The first-order chi connectivity index (χ1) is 20.5. The number of hydrogen-bond acceptors (Lipinski definition) is 12. The number of hydrogen-bond donors (Lipinski definition) is 8. The van der Waals surface area contributed by atoms with Gasteiger partial charge in [-0.1, -0.05) is 6.08 Å². The maximum atomic E-state index is 12.4. The first kappa shape index (κ1) is 33.1. The van der Waals surface area contributed by atoms with Gasteiger partial charge in [0.15, 0.2) is 18.5 Å². The number of rotatable bonds is 7. The van der Waals surface area contributed by atoms with Crippen LogP contribution in [0.2, 0.25) is 0 Å². The SMILES string of the molecule is O=C(C=CC1CCC(O)C(O)C1)OCC1OC(OC2CC3C(O)CC(O)CC3[OH+]C2C2CCC(O)CC2)C(O)C(O)C1O. The van der Waals surface area contributed by atoms with Crippen molar-refractivity contribution in [3.05, 3.63) is 12.2 Å². The Kier molecular flexibility index (Phi) is 11.1. The Morgan fingerprint density at radius 3 is 2.23 bits per heavy atom. The lowest BCUT2D eigenvalue weighted by atomic mass is 9.73. The third-order valence-corrected chi connectivity index (χ3v) is 10.2. The van der Waals surface area contributed by atoms with E-state index >= 15 is 0 Å². The van der Waals surface area contributed by atoms with E-state index in [1.54, 1.807) is 6.08 Å². The normalized spacial score (nSPS) is 49.4. The highest BCUT2D eigenvalue weighted by Gasteiger charge is 2.54. The lowest BCUT2D eigenvalue weighted by Gasteiger charge is -2.48. The summed E-state index contributed by atoms with van der Waals surface area (Å²) in [6.45, 7) is -0.416. The average Bonchev–Trinajstić information content (AvgIpc) is 2.97. The molecule has 5 rings (SSSR count). The van der Waals surface area contributed by atoms with Crippen LogP contribution in [0, 0.1) is 17.8 Å². The minimum absolute atomic E-state index is 0.0823. The van der Waals surface area contributed by atoms with Gasteiger partial charge in [-0.05, 0) is 57.3 Å². The van der Waals surface area contributed by atoms with E-state index in [1.807, 2.05) is 0 Å². The van der Waals surface area contributed by atoms with Crippen molar-refractivity contribution < 1.29 is 64.6 Å². The molecule has 0 aromatic carbocycles. The molecule has 0 amide bonds. The highest BCUT2D eigenvalue weighted by Crippen LogP contribution is 2.42. The van der Waals surface area contributed by atoms with Crippen molar-refractivity contribution in [2.75, 3.05) is 6.61 Å². The third-order valence-electron chi connectivity index (χ3n) is 10.2. The predicted octanol–water partition coefficient (Wildman–Crippen LogP) is -1.85. The summed E-state index contributed by atoms with van der Waals surface area (Å²) in [6.07, 6.45) is -3.97. The van der Waals surface area contributed by atoms with Crippen molar-refractivity contribution in [3.8, 4) is 0 Å². The molecule has 3 aliphatic carbocycles. The van der Waals surface area contributed by atoms with E-state index in [9.17, 15) is 45.6 Å². The molecule has 43 heavy (non-hydrogen) atoms. The zero-order valence-corrected chi connectivity index (χ0v) is 24.3. The Labute approximate surface area is 251 Å². The molecule has 0 radical (unpaired) electrons. The smallest absolute Gasteiger partial charge is 0.330 e. The predicted molar refractivity (Wildman–Crippen MR) is 148 cm³/mol. The number of carbonyl (C=O) groups excluding carboxylic acids is 1. The molecule has 2 heterocycles. The number of esters is 1. The first-order valence-electron chi connectivity index (χ1n) is 15.8. The van der Waals surface area contributed by atoms with E-state index in [0.29, 0.717) is 44.9 Å². The van der Waals surface area contributed by atoms with Crippen LogP contribution in [0.4, 0.5) is 0 Å². The molecule has 0 spiro atoms. The summed E-state index contributed by atoms with van der Waals surface area (Å²) in [5, 5.41) is 82.5. The van der Waals surface area contributed by atoms with Gasteiger partial charge in [-0.15, -0.1) is 0 Å². The third kappa shape index (κ3) is 7.95. The van der Waals surface area contributed by atoms with E-state index in [-0.39, 0.29) is 42.5 Å². The molecule has 13 nitrogen and oxygen atoms in total. The molecule has 9 N–H and O–H groups in total. The van der Waals surface area contributed by atoms with Gasteiger partial charge in [0.05, 0.1) is 36.4 Å². The standard InChI is InChI=1S/C30H48O13/c31-16-5-3-15(4-6-16)29-23(12-18-20(34)10-17(32)11-22(18)41-29)42-30-28(39)27(38)26(37)24(43-30)13-40-25(36)8-2-14-1-7-19(33)21(35)9-14/h2,8,14-24,26-35,37-39H,1,3-7,9-13H2/p+1. The fourth-order valence-corrected chi connectivity index (χ4v) is 7.58. The molecular formula is C30H49O13+. The summed E-state index contributed by atoms with van der Waals surface area (Å²) in [5.74, 6) is -0.977. The van der Waals surface area contributed by atoms with E-state index in [4.69, 9.17) is 18.9 Å². The molecule has 14 atom stereocenters. The van der Waals surface area contributed by atoms with E-state index in [0.717, 1.165) is 12.8 Å². The van der Waals surface area contributed by atoms with E-state index in [1.165, 1.54) is 6.08 Å². The van der Waals surface area contributed by atoms with Crippen molar-refractivity contribution in [1.29, 1.82) is 0 Å². The number of aliphatic hydroxyl groups is 10. The van der Waals surface area contributed by atoms with Crippen LogP contribution in [0.3, 0.4) is 0 Å². The second kappa shape index (κ2) is 14.5. The Hall–Kier alpha value is -1.23. The number of allylic oxidation sites excluding steroid dienone is 1. The topological polar surface area (TPSA) is 219 Å². The molecule has 2 saturated heterocycles. The minimum atomic E-state index is -1.64. The summed E-state index contributed by atoms with van der Waals surface area (Å²) in [5.41, 5.74) is 0. The average molecular weight is 618 g/mol. The molecule has 0 aromatic heterocycles. The maximum Gasteiger partial charge on any atom is 0.330 e. The Balaban J connectivity index is 1.22. The van der Waals surface area contributed by atoms with Gasteiger partial charge >= 0.3 is 5.97 Å². The van der Waals surface area contributed by atoms with Gasteiger partial charge in [0.25, 0.3) is 0 Å². The molecule has 5 fully saturated rings. The van der Waals surface area contributed by atoms with Gasteiger partial charge in [0.1, 0.15) is 37.1 Å². The Morgan fingerprint density at radius 2 is 1.51 bits per heavy atom. The molecule has 246 valence electrons. The van der Waals surface area contributed by atoms with Gasteiger partial charge in [-0.25, -0.2) is 4.79 Å². The fraction of sp³-hybridized carbons (Fsp3) is 0.900. The molecule has 13 heteroatoms. The molecule has 0 aromatic rings. The van der Waals surface area contributed by atoms with Crippen LogP contribution in [0.25, 0.3) is 0 Å². The minimum Gasteiger partial charge on any atom is -0.460 e. The summed E-state index contributed by atoms with van der Waals surface area (Å²) in [4.78, 5) is 12.4. The molecule has 14 unspecified atom stereocenters. The lowest BCUT2D eigenvalue weighted by molar-refractivity contribution is -0.355. The zero-order valence-electron chi connectivity index (χ0n) is 24.3. The number of ether oxygens (including phenoxy) is 4. The largest absolute Gasteiger partial charge is 0.460 e. The monoisotopic (exact) mass is 617 g/mol. The maximum absolute atomic E-state index is 12.4. The van der Waals surface area contributed by atoms with Gasteiger partial charge in [0, 0.05) is 24.8 Å². The van der Waals surface area contributed by atoms with Gasteiger partial charge in [-0.2, -0.15) is 0 Å². The van der Waals surface area contributed by atoms with Crippen molar-refractivity contribution in [2.45, 2.75) is 144 Å². The van der Waals surface area contributed by atoms with Crippen molar-refractivity contribution >= 4 is 5.97 Å². The molecule has 2 aliphatic heterocycles. The fourth-order valence-electron chi connectivity index (χ4n) is 7.58. The second-order valence-corrected chi connectivity index (χ2v) is 13.3. The van der Waals surface area contributed by atoms with Crippen LogP contribution in [-0.2, 0) is 19.0 Å². The van der Waals surface area contributed by atoms with E-state index in [2.05, 4.69) is 0 Å². The second-order valence-electron chi connectivity index (χ2n) is 13.3. The van der Waals surface area contributed by atoms with Crippen LogP contribution < -0.4 is 0 Å². The van der Waals surface area contributed by atoms with Gasteiger partial charge < -0.3 is 59.8 Å². The lowest BCUT2D eigenvalue weighted by Crippen LogP contribution is -2.63. The summed E-state index contributed by atoms with van der Waals surface area (Å²) < 4.78 is 22.4. The van der Waals surface area contributed by atoms with Crippen molar-refractivity contribution in [3.63, 3.8) is 0 Å².